The lowest BCUT2D eigenvalue weighted by Gasteiger charge is -2.18. The summed E-state index contributed by atoms with van der Waals surface area (Å²) in [6.07, 6.45) is -0.852. The number of halogens is 1. The van der Waals surface area contributed by atoms with Gasteiger partial charge >= 0.3 is 0 Å². The van der Waals surface area contributed by atoms with Crippen LogP contribution in [0.1, 0.15) is 15.9 Å². The van der Waals surface area contributed by atoms with Gasteiger partial charge in [0, 0.05) is 43.7 Å². The Labute approximate surface area is 141 Å². The molecule has 1 fully saturated rings. The number of benzene rings is 1. The van der Waals surface area contributed by atoms with Gasteiger partial charge in [-0.3, -0.25) is 4.79 Å². The first-order chi connectivity index (χ1) is 10.6. The van der Waals surface area contributed by atoms with Crippen LogP contribution in [0.3, 0.4) is 0 Å². The Bertz CT molecular complexity index is 705. The third-order valence-corrected chi connectivity index (χ3v) is 6.46. The van der Waals surface area contributed by atoms with Gasteiger partial charge in [-0.1, -0.05) is 17.7 Å². The highest BCUT2D eigenvalue weighted by atomic mass is 35.5. The van der Waals surface area contributed by atoms with Gasteiger partial charge in [-0.15, -0.1) is 0 Å². The molecule has 1 saturated heterocycles. The Morgan fingerprint density at radius 3 is 2.61 bits per heavy atom. The highest BCUT2D eigenvalue weighted by Crippen LogP contribution is 2.23. The monoisotopic (exact) mass is 360 g/mol. The number of carbonyl (C=O) groups is 1. The number of hydrogen-bond donors (Lipinski definition) is 1. The van der Waals surface area contributed by atoms with Crippen LogP contribution in [-0.4, -0.2) is 67.7 Å². The van der Waals surface area contributed by atoms with E-state index < -0.39 is 22.0 Å². The van der Waals surface area contributed by atoms with Gasteiger partial charge in [-0.2, -0.15) is 0 Å². The van der Waals surface area contributed by atoms with Gasteiger partial charge in [-0.05, 0) is 24.6 Å². The maximum Gasteiger partial charge on any atom is 0.254 e. The largest absolute Gasteiger partial charge is 0.391 e. The zero-order chi connectivity index (χ0) is 17.4. The van der Waals surface area contributed by atoms with E-state index in [-0.39, 0.29) is 24.7 Å². The third-order valence-electron chi connectivity index (χ3n) is 4.09. The molecular weight excluding hydrogens is 340 g/mol. The summed E-state index contributed by atoms with van der Waals surface area (Å²) < 4.78 is 25.0. The number of aryl methyl sites for hydroxylation is 1. The van der Waals surface area contributed by atoms with Crippen molar-refractivity contribution in [2.45, 2.75) is 13.0 Å². The summed E-state index contributed by atoms with van der Waals surface area (Å²) in [6, 6.07) is 5.03. The van der Waals surface area contributed by atoms with Crippen LogP contribution in [0.2, 0.25) is 5.02 Å². The molecule has 8 heteroatoms. The number of hydrogen-bond acceptors (Lipinski definition) is 4. The number of aliphatic hydroxyl groups excluding tert-OH is 1. The molecule has 2 atom stereocenters. The van der Waals surface area contributed by atoms with E-state index in [9.17, 15) is 18.3 Å². The molecule has 0 saturated carbocycles. The molecule has 1 aliphatic rings. The zero-order valence-electron chi connectivity index (χ0n) is 13.4. The van der Waals surface area contributed by atoms with Crippen LogP contribution in [0, 0.1) is 12.8 Å². The van der Waals surface area contributed by atoms with E-state index in [1.807, 2.05) is 6.92 Å². The minimum atomic E-state index is -3.43. The number of sulfonamides is 1. The Morgan fingerprint density at radius 2 is 2.04 bits per heavy atom. The Hall–Kier alpha value is -1.15. The highest BCUT2D eigenvalue weighted by molar-refractivity contribution is 7.89. The van der Waals surface area contributed by atoms with Crippen molar-refractivity contribution in [1.82, 2.24) is 9.21 Å². The molecular formula is C15H21ClN2O4S. The van der Waals surface area contributed by atoms with Gasteiger partial charge in [0.05, 0.1) is 11.9 Å². The fourth-order valence-electron chi connectivity index (χ4n) is 2.51. The molecule has 0 aromatic heterocycles. The fourth-order valence-corrected chi connectivity index (χ4v) is 3.86. The first-order valence-electron chi connectivity index (χ1n) is 7.25. The Balaban J connectivity index is 2.11. The van der Waals surface area contributed by atoms with E-state index in [0.29, 0.717) is 10.6 Å². The van der Waals surface area contributed by atoms with Crippen molar-refractivity contribution in [2.24, 2.45) is 5.92 Å². The second-order valence-electron chi connectivity index (χ2n) is 6.06. The van der Waals surface area contributed by atoms with Crippen molar-refractivity contribution in [3.05, 3.63) is 34.3 Å². The molecule has 128 valence electrons. The van der Waals surface area contributed by atoms with Crippen LogP contribution in [0.25, 0.3) is 0 Å². The second-order valence-corrected chi connectivity index (χ2v) is 8.70. The van der Waals surface area contributed by atoms with Crippen molar-refractivity contribution >= 4 is 27.5 Å². The highest BCUT2D eigenvalue weighted by Gasteiger charge is 2.37. The summed E-state index contributed by atoms with van der Waals surface area (Å²) >= 11 is 6.04. The van der Waals surface area contributed by atoms with Gasteiger partial charge in [-0.25, -0.2) is 12.7 Å². The zero-order valence-corrected chi connectivity index (χ0v) is 14.9. The van der Waals surface area contributed by atoms with Crippen LogP contribution in [0.4, 0.5) is 0 Å². The maximum atomic E-state index is 12.5. The topological polar surface area (TPSA) is 77.9 Å². The lowest BCUT2D eigenvalue weighted by molar-refractivity contribution is 0.0764. The van der Waals surface area contributed by atoms with Crippen molar-refractivity contribution in [3.63, 3.8) is 0 Å². The molecule has 23 heavy (non-hydrogen) atoms. The van der Waals surface area contributed by atoms with Crippen LogP contribution in [0.5, 0.6) is 0 Å². The summed E-state index contributed by atoms with van der Waals surface area (Å²) in [5.41, 5.74) is 1.31. The molecule has 1 aromatic rings. The molecule has 0 radical (unpaired) electrons. The van der Waals surface area contributed by atoms with Gasteiger partial charge in [0.15, 0.2) is 0 Å². The molecule has 1 aliphatic heterocycles. The van der Waals surface area contributed by atoms with E-state index in [1.54, 1.807) is 18.2 Å². The fraction of sp³-hybridized carbons (Fsp3) is 0.533. The maximum absolute atomic E-state index is 12.5. The Kier molecular flexibility index (Phi) is 5.35. The van der Waals surface area contributed by atoms with Crippen LogP contribution < -0.4 is 0 Å². The van der Waals surface area contributed by atoms with E-state index in [0.717, 1.165) is 9.87 Å². The van der Waals surface area contributed by atoms with Crippen molar-refractivity contribution in [1.29, 1.82) is 0 Å². The van der Waals surface area contributed by atoms with Crippen molar-refractivity contribution in [2.75, 3.05) is 32.9 Å². The SMILES string of the molecule is Cc1ccc(C(=O)N2C[C@@H](CS(=O)(=O)N(C)C)[C@H](O)C2)cc1Cl. The summed E-state index contributed by atoms with van der Waals surface area (Å²) in [7, 11) is -0.522. The molecule has 0 unspecified atom stereocenters. The molecule has 1 amide bonds. The average molecular weight is 361 g/mol. The van der Waals surface area contributed by atoms with Crippen LogP contribution in [0.15, 0.2) is 18.2 Å². The molecule has 1 N–H and O–H groups in total. The summed E-state index contributed by atoms with van der Waals surface area (Å²) in [6.45, 7) is 2.18. The standard InChI is InChI=1S/C15H21ClN2O4S/c1-10-4-5-11(6-13(10)16)15(20)18-7-12(14(19)8-18)9-23(21,22)17(2)3/h4-6,12,14,19H,7-9H2,1-3H3/t12-,14+/m0/s1. The van der Waals surface area contributed by atoms with Crippen molar-refractivity contribution in [3.8, 4) is 0 Å². The lowest BCUT2D eigenvalue weighted by atomic mass is 10.1. The number of aliphatic hydroxyl groups is 1. The summed E-state index contributed by atoms with van der Waals surface area (Å²) in [5.74, 6) is -0.928. The number of likely N-dealkylation sites (tertiary alicyclic amines) is 1. The molecule has 0 bridgehead atoms. The molecule has 1 aromatic carbocycles. The number of carbonyl (C=O) groups excluding carboxylic acids is 1. The average Bonchev–Trinajstić information content (AvgIpc) is 2.81. The second kappa shape index (κ2) is 6.76. The number of nitrogens with zero attached hydrogens (tertiary/aromatic N) is 2. The number of β-amino-alcohol motifs (C(OH)–C–C–N with tert-alkyl or cyclic N) is 1. The van der Waals surface area contributed by atoms with Gasteiger partial charge in [0.25, 0.3) is 5.91 Å². The normalized spacial score (nSPS) is 21.9. The van der Waals surface area contributed by atoms with Crippen LogP contribution in [-0.2, 0) is 10.0 Å². The lowest BCUT2D eigenvalue weighted by Crippen LogP contribution is -2.33. The minimum Gasteiger partial charge on any atom is -0.391 e. The molecule has 0 spiro atoms. The molecule has 0 aliphatic carbocycles. The van der Waals surface area contributed by atoms with Crippen LogP contribution >= 0.6 is 11.6 Å². The molecule has 6 nitrogen and oxygen atoms in total. The van der Waals surface area contributed by atoms with E-state index >= 15 is 0 Å². The Morgan fingerprint density at radius 1 is 1.39 bits per heavy atom. The number of amides is 1. The minimum absolute atomic E-state index is 0.123. The first kappa shape index (κ1) is 18.2. The smallest absolute Gasteiger partial charge is 0.254 e. The van der Waals surface area contributed by atoms with E-state index in [2.05, 4.69) is 0 Å². The van der Waals surface area contributed by atoms with E-state index in [1.165, 1.54) is 19.0 Å². The quantitative estimate of drug-likeness (QED) is 0.868. The van der Waals surface area contributed by atoms with Crippen molar-refractivity contribution < 1.29 is 18.3 Å². The first-order valence-corrected chi connectivity index (χ1v) is 9.24. The molecule has 2 rings (SSSR count). The van der Waals surface area contributed by atoms with Gasteiger partial charge in [0.2, 0.25) is 10.0 Å². The predicted octanol–water partition coefficient (Wildman–Crippen LogP) is 0.973. The van der Waals surface area contributed by atoms with E-state index in [4.69, 9.17) is 11.6 Å². The summed E-state index contributed by atoms with van der Waals surface area (Å²) in [5, 5.41) is 10.6. The molecule has 1 heterocycles. The van der Waals surface area contributed by atoms with Gasteiger partial charge < -0.3 is 10.0 Å². The third kappa shape index (κ3) is 4.03. The van der Waals surface area contributed by atoms with Gasteiger partial charge in [0.1, 0.15) is 0 Å². The predicted molar refractivity (Wildman–Crippen MR) is 89.1 cm³/mol. The summed E-state index contributed by atoms with van der Waals surface area (Å²) in [4.78, 5) is 14.0. The number of rotatable bonds is 4.